The molecule has 0 radical (unpaired) electrons. The Morgan fingerprint density at radius 2 is 1.70 bits per heavy atom. The first kappa shape index (κ1) is 18.3. The molecule has 0 saturated heterocycles. The highest BCUT2D eigenvalue weighted by molar-refractivity contribution is 6.31. The van der Waals surface area contributed by atoms with Crippen LogP contribution in [0.4, 0.5) is 0 Å². The van der Waals surface area contributed by atoms with Crippen molar-refractivity contribution in [3.05, 3.63) is 89.0 Å². The standard InChI is InChI=1S/C19H15ClN4O3/c20-15-7-3-1-5-13(15)12-27-17-8-4-2-6-14(17)18(25)23-24-19(26)16-11-21-9-10-22-16/h1-11H,12H2,(H,23,25)(H,24,26). The molecule has 0 unspecified atom stereocenters. The summed E-state index contributed by atoms with van der Waals surface area (Å²) in [6.45, 7) is 0.204. The summed E-state index contributed by atoms with van der Waals surface area (Å²) >= 11 is 6.12. The van der Waals surface area contributed by atoms with Crippen LogP contribution in [0.3, 0.4) is 0 Å². The van der Waals surface area contributed by atoms with Crippen LogP contribution in [0.15, 0.2) is 67.1 Å². The van der Waals surface area contributed by atoms with Gasteiger partial charge in [0, 0.05) is 23.0 Å². The molecule has 1 aromatic heterocycles. The molecule has 0 aliphatic heterocycles. The maximum atomic E-state index is 12.4. The van der Waals surface area contributed by atoms with Gasteiger partial charge in [0.1, 0.15) is 18.1 Å². The number of carbonyl (C=O) groups is 2. The zero-order valence-electron chi connectivity index (χ0n) is 14.1. The fourth-order valence-electron chi connectivity index (χ4n) is 2.21. The van der Waals surface area contributed by atoms with Gasteiger partial charge in [0.25, 0.3) is 11.8 Å². The number of aromatic nitrogens is 2. The third-order valence-corrected chi connectivity index (χ3v) is 3.93. The molecular formula is C19H15ClN4O3. The van der Waals surface area contributed by atoms with Crippen LogP contribution < -0.4 is 15.6 Å². The fourth-order valence-corrected chi connectivity index (χ4v) is 2.40. The lowest BCUT2D eigenvalue weighted by atomic mass is 10.2. The van der Waals surface area contributed by atoms with E-state index in [-0.39, 0.29) is 17.9 Å². The summed E-state index contributed by atoms with van der Waals surface area (Å²) in [4.78, 5) is 32.0. The number of hydrazine groups is 1. The molecule has 3 aromatic rings. The molecule has 0 saturated carbocycles. The molecule has 3 rings (SSSR count). The highest BCUT2D eigenvalue weighted by atomic mass is 35.5. The number of carbonyl (C=O) groups excluding carboxylic acids is 2. The number of nitrogens with zero attached hydrogens (tertiary/aromatic N) is 2. The van der Waals surface area contributed by atoms with Gasteiger partial charge in [0.2, 0.25) is 0 Å². The van der Waals surface area contributed by atoms with Crippen LogP contribution in [0.2, 0.25) is 5.02 Å². The highest BCUT2D eigenvalue weighted by Crippen LogP contribution is 2.21. The van der Waals surface area contributed by atoms with Gasteiger partial charge < -0.3 is 4.74 Å². The summed E-state index contributed by atoms with van der Waals surface area (Å²) in [5, 5.41) is 0.579. The molecule has 0 fully saturated rings. The van der Waals surface area contributed by atoms with E-state index in [1.807, 2.05) is 18.2 Å². The van der Waals surface area contributed by atoms with Gasteiger partial charge in [-0.15, -0.1) is 0 Å². The molecule has 0 spiro atoms. The Morgan fingerprint density at radius 3 is 2.48 bits per heavy atom. The summed E-state index contributed by atoms with van der Waals surface area (Å²) in [5.74, 6) is -0.739. The number of nitrogens with one attached hydrogen (secondary N) is 2. The quantitative estimate of drug-likeness (QED) is 0.662. The normalized spacial score (nSPS) is 10.1. The van der Waals surface area contributed by atoms with Crippen LogP contribution in [0.25, 0.3) is 0 Å². The van der Waals surface area contributed by atoms with Crippen molar-refractivity contribution in [2.45, 2.75) is 6.61 Å². The van der Waals surface area contributed by atoms with E-state index in [0.717, 1.165) is 5.56 Å². The second kappa shape index (κ2) is 8.77. The minimum absolute atomic E-state index is 0.0843. The van der Waals surface area contributed by atoms with E-state index in [2.05, 4.69) is 20.8 Å². The third kappa shape index (κ3) is 4.80. The molecule has 2 aromatic carbocycles. The van der Waals surface area contributed by atoms with Crippen molar-refractivity contribution in [1.82, 2.24) is 20.8 Å². The Bertz CT molecular complexity index is 950. The number of halogens is 1. The number of benzene rings is 2. The molecule has 136 valence electrons. The van der Waals surface area contributed by atoms with Crippen LogP contribution >= 0.6 is 11.6 Å². The monoisotopic (exact) mass is 382 g/mol. The third-order valence-electron chi connectivity index (χ3n) is 3.56. The maximum absolute atomic E-state index is 12.4. The smallest absolute Gasteiger partial charge is 0.289 e. The topological polar surface area (TPSA) is 93.2 Å². The number of rotatable bonds is 5. The van der Waals surface area contributed by atoms with Gasteiger partial charge in [-0.25, -0.2) is 4.98 Å². The minimum Gasteiger partial charge on any atom is -0.488 e. The van der Waals surface area contributed by atoms with Crippen LogP contribution in [0.5, 0.6) is 5.75 Å². The van der Waals surface area contributed by atoms with Crippen molar-refractivity contribution in [1.29, 1.82) is 0 Å². The predicted octanol–water partition coefficient (Wildman–Crippen LogP) is 2.78. The van der Waals surface area contributed by atoms with Crippen molar-refractivity contribution in [2.24, 2.45) is 0 Å². The molecule has 2 N–H and O–H groups in total. The summed E-state index contributed by atoms with van der Waals surface area (Å²) in [7, 11) is 0. The van der Waals surface area contributed by atoms with E-state index in [1.165, 1.54) is 18.6 Å². The molecule has 7 nitrogen and oxygen atoms in total. The lowest BCUT2D eigenvalue weighted by molar-refractivity contribution is 0.0841. The second-order valence-electron chi connectivity index (χ2n) is 5.38. The Hall–Kier alpha value is -3.45. The highest BCUT2D eigenvalue weighted by Gasteiger charge is 2.14. The largest absolute Gasteiger partial charge is 0.488 e. The average molecular weight is 383 g/mol. The summed E-state index contributed by atoms with van der Waals surface area (Å²) in [6, 6.07) is 14.0. The van der Waals surface area contributed by atoms with Gasteiger partial charge in [-0.1, -0.05) is 41.9 Å². The Kier molecular flexibility index (Phi) is 5.96. The molecule has 2 amide bonds. The minimum atomic E-state index is -0.578. The van der Waals surface area contributed by atoms with E-state index in [0.29, 0.717) is 10.8 Å². The van der Waals surface area contributed by atoms with E-state index >= 15 is 0 Å². The molecule has 1 heterocycles. The predicted molar refractivity (Wildman–Crippen MR) is 99.2 cm³/mol. The molecule has 8 heteroatoms. The van der Waals surface area contributed by atoms with E-state index < -0.39 is 11.8 Å². The first-order valence-electron chi connectivity index (χ1n) is 7.97. The molecule has 0 aliphatic carbocycles. The van der Waals surface area contributed by atoms with E-state index in [4.69, 9.17) is 16.3 Å². The first-order chi connectivity index (χ1) is 13.1. The van der Waals surface area contributed by atoms with Gasteiger partial charge in [-0.3, -0.25) is 25.4 Å². The van der Waals surface area contributed by atoms with Gasteiger partial charge in [-0.05, 0) is 18.2 Å². The molecule has 0 bridgehead atoms. The van der Waals surface area contributed by atoms with Crippen molar-refractivity contribution >= 4 is 23.4 Å². The Labute approximate surface area is 160 Å². The molecular weight excluding hydrogens is 368 g/mol. The molecule has 0 aliphatic rings. The van der Waals surface area contributed by atoms with Gasteiger partial charge in [0.05, 0.1) is 11.8 Å². The summed E-state index contributed by atoms with van der Waals surface area (Å²) in [5.41, 5.74) is 5.77. The van der Waals surface area contributed by atoms with Crippen molar-refractivity contribution in [2.75, 3.05) is 0 Å². The zero-order chi connectivity index (χ0) is 19.1. The lowest BCUT2D eigenvalue weighted by Crippen LogP contribution is -2.42. The Morgan fingerprint density at radius 1 is 0.963 bits per heavy atom. The summed E-state index contributed by atoms with van der Waals surface area (Å²) < 4.78 is 5.74. The number of hydrogen-bond acceptors (Lipinski definition) is 5. The zero-order valence-corrected chi connectivity index (χ0v) is 14.8. The number of ether oxygens (including phenoxy) is 1. The van der Waals surface area contributed by atoms with Gasteiger partial charge >= 0.3 is 0 Å². The van der Waals surface area contributed by atoms with E-state index in [1.54, 1.807) is 30.3 Å². The van der Waals surface area contributed by atoms with Crippen LogP contribution in [0.1, 0.15) is 26.4 Å². The number of hydrogen-bond donors (Lipinski definition) is 2. The first-order valence-corrected chi connectivity index (χ1v) is 8.35. The average Bonchev–Trinajstić information content (AvgIpc) is 2.72. The van der Waals surface area contributed by atoms with Crippen molar-refractivity contribution < 1.29 is 14.3 Å². The fraction of sp³-hybridized carbons (Fsp3) is 0.0526. The van der Waals surface area contributed by atoms with Crippen LogP contribution in [-0.2, 0) is 6.61 Å². The molecule has 0 atom stereocenters. The van der Waals surface area contributed by atoms with E-state index in [9.17, 15) is 9.59 Å². The second-order valence-corrected chi connectivity index (χ2v) is 5.78. The van der Waals surface area contributed by atoms with Crippen LogP contribution in [-0.4, -0.2) is 21.8 Å². The number of amides is 2. The SMILES string of the molecule is O=C(NNC(=O)c1ccccc1OCc1ccccc1Cl)c1cnccn1. The molecule has 27 heavy (non-hydrogen) atoms. The Balaban J connectivity index is 1.65. The van der Waals surface area contributed by atoms with Gasteiger partial charge in [0.15, 0.2) is 0 Å². The maximum Gasteiger partial charge on any atom is 0.289 e. The lowest BCUT2D eigenvalue weighted by Gasteiger charge is -2.12. The summed E-state index contributed by atoms with van der Waals surface area (Å²) in [6.07, 6.45) is 4.12. The van der Waals surface area contributed by atoms with Crippen molar-refractivity contribution in [3.8, 4) is 5.75 Å². The van der Waals surface area contributed by atoms with Crippen molar-refractivity contribution in [3.63, 3.8) is 0 Å². The number of para-hydroxylation sites is 1. The van der Waals surface area contributed by atoms with Crippen LogP contribution in [0, 0.1) is 0 Å². The van der Waals surface area contributed by atoms with Gasteiger partial charge in [-0.2, -0.15) is 0 Å².